The van der Waals surface area contributed by atoms with Gasteiger partial charge >= 0.3 is 0 Å². The fraction of sp³-hybridized carbons (Fsp3) is 0.375. The third-order valence-electron chi connectivity index (χ3n) is 7.61. The molecule has 0 heterocycles. The van der Waals surface area contributed by atoms with E-state index in [1.807, 2.05) is 38.1 Å². The van der Waals surface area contributed by atoms with Crippen molar-refractivity contribution >= 4 is 39.1 Å². The van der Waals surface area contributed by atoms with E-state index in [1.165, 1.54) is 17.0 Å². The van der Waals surface area contributed by atoms with E-state index in [4.69, 9.17) is 11.6 Å². The molecule has 1 saturated carbocycles. The highest BCUT2D eigenvalue weighted by Gasteiger charge is 2.33. The van der Waals surface area contributed by atoms with Gasteiger partial charge in [-0.15, -0.1) is 0 Å². The first-order valence-electron chi connectivity index (χ1n) is 14.1. The number of benzene rings is 3. The lowest BCUT2D eigenvalue weighted by Gasteiger charge is -2.33. The molecular formula is C32H38ClN3O4S. The molecule has 3 aromatic carbocycles. The zero-order chi connectivity index (χ0) is 29.6. The molecule has 3 aromatic rings. The van der Waals surface area contributed by atoms with Gasteiger partial charge in [-0.1, -0.05) is 85.0 Å². The summed E-state index contributed by atoms with van der Waals surface area (Å²) < 4.78 is 28.9. The number of nitrogens with zero attached hydrogens (tertiary/aromatic N) is 2. The molecule has 9 heteroatoms. The van der Waals surface area contributed by atoms with Crippen LogP contribution in [0.1, 0.15) is 55.7 Å². The van der Waals surface area contributed by atoms with E-state index < -0.39 is 28.5 Å². The summed E-state index contributed by atoms with van der Waals surface area (Å²) >= 11 is 6.39. The van der Waals surface area contributed by atoms with Crippen LogP contribution >= 0.6 is 11.6 Å². The second-order valence-corrected chi connectivity index (χ2v) is 13.1. The number of anilines is 1. The van der Waals surface area contributed by atoms with E-state index >= 15 is 0 Å². The third-order valence-corrected chi connectivity index (χ3v) is 9.80. The van der Waals surface area contributed by atoms with Gasteiger partial charge in [0.15, 0.2) is 0 Å². The number of aryl methyl sites for hydroxylation is 2. The molecule has 0 unspecified atom stereocenters. The molecule has 0 aromatic heterocycles. The maximum Gasteiger partial charge on any atom is 0.264 e. The van der Waals surface area contributed by atoms with E-state index in [1.54, 1.807) is 43.3 Å². The summed E-state index contributed by atoms with van der Waals surface area (Å²) in [5, 5.41) is 3.51. The quantitative estimate of drug-likeness (QED) is 0.311. The Kier molecular flexibility index (Phi) is 10.1. The maximum atomic E-state index is 14.1. The van der Waals surface area contributed by atoms with Gasteiger partial charge in [0.1, 0.15) is 12.6 Å². The van der Waals surface area contributed by atoms with E-state index in [0.717, 1.165) is 53.1 Å². The average Bonchev–Trinajstić information content (AvgIpc) is 2.96. The molecule has 0 spiro atoms. The summed E-state index contributed by atoms with van der Waals surface area (Å²) in [4.78, 5) is 29.0. The first kappa shape index (κ1) is 30.6. The number of rotatable bonds is 10. The topological polar surface area (TPSA) is 86.8 Å². The predicted molar refractivity (Wildman–Crippen MR) is 163 cm³/mol. The second kappa shape index (κ2) is 13.5. The Morgan fingerprint density at radius 3 is 2.32 bits per heavy atom. The van der Waals surface area contributed by atoms with Crippen LogP contribution in [0.3, 0.4) is 0 Å². The number of carbonyl (C=O) groups excluding carboxylic acids is 2. The fourth-order valence-corrected chi connectivity index (χ4v) is 6.75. The van der Waals surface area contributed by atoms with Gasteiger partial charge in [0.2, 0.25) is 11.8 Å². The van der Waals surface area contributed by atoms with Crippen LogP contribution in [0.4, 0.5) is 5.69 Å². The van der Waals surface area contributed by atoms with E-state index in [9.17, 15) is 18.0 Å². The molecule has 218 valence electrons. The maximum absolute atomic E-state index is 14.1. The van der Waals surface area contributed by atoms with Crippen molar-refractivity contribution in [3.63, 3.8) is 0 Å². The van der Waals surface area contributed by atoms with Gasteiger partial charge in [-0.2, -0.15) is 0 Å². The van der Waals surface area contributed by atoms with Gasteiger partial charge in [-0.3, -0.25) is 13.9 Å². The van der Waals surface area contributed by atoms with Crippen molar-refractivity contribution in [2.45, 2.75) is 76.4 Å². The summed E-state index contributed by atoms with van der Waals surface area (Å²) in [5.74, 6) is -0.734. The van der Waals surface area contributed by atoms with Gasteiger partial charge < -0.3 is 10.2 Å². The van der Waals surface area contributed by atoms with Crippen molar-refractivity contribution in [3.05, 3.63) is 94.5 Å². The number of hydrogen-bond acceptors (Lipinski definition) is 4. The summed E-state index contributed by atoms with van der Waals surface area (Å²) in [6.45, 7) is 5.15. The van der Waals surface area contributed by atoms with Gasteiger partial charge in [0.25, 0.3) is 10.0 Å². The lowest BCUT2D eigenvalue weighted by molar-refractivity contribution is -0.139. The smallest absolute Gasteiger partial charge is 0.264 e. The van der Waals surface area contributed by atoms with Crippen LogP contribution in [0.25, 0.3) is 0 Å². The Morgan fingerprint density at radius 1 is 0.951 bits per heavy atom. The van der Waals surface area contributed by atoms with Crippen LogP contribution in [-0.2, 0) is 26.2 Å². The van der Waals surface area contributed by atoms with Crippen molar-refractivity contribution in [2.24, 2.45) is 0 Å². The molecule has 1 N–H and O–H groups in total. The fourth-order valence-electron chi connectivity index (χ4n) is 5.14. The predicted octanol–water partition coefficient (Wildman–Crippen LogP) is 6.02. The van der Waals surface area contributed by atoms with Crippen molar-refractivity contribution in [1.29, 1.82) is 0 Å². The SMILES string of the molecule is Cc1cccc(CN(C(=O)CN(c2ccc(C)c(Cl)c2)S(=O)(=O)c2ccccc2)[C@H](C)C(=O)NC2CCCCC2)c1. The largest absolute Gasteiger partial charge is 0.352 e. The minimum atomic E-state index is -4.13. The first-order chi connectivity index (χ1) is 19.6. The van der Waals surface area contributed by atoms with Crippen LogP contribution in [0.5, 0.6) is 0 Å². The lowest BCUT2D eigenvalue weighted by atomic mass is 9.95. The molecule has 0 radical (unpaired) electrons. The Morgan fingerprint density at radius 2 is 1.66 bits per heavy atom. The number of carbonyl (C=O) groups is 2. The van der Waals surface area contributed by atoms with Crippen LogP contribution in [0.2, 0.25) is 5.02 Å². The zero-order valence-corrected chi connectivity index (χ0v) is 25.4. The summed E-state index contributed by atoms with van der Waals surface area (Å²) in [6, 6.07) is 19.9. The van der Waals surface area contributed by atoms with Crippen molar-refractivity contribution in [2.75, 3.05) is 10.8 Å². The van der Waals surface area contributed by atoms with Crippen LogP contribution in [-0.4, -0.2) is 43.8 Å². The molecule has 1 aliphatic carbocycles. The third kappa shape index (κ3) is 7.68. The van der Waals surface area contributed by atoms with Gasteiger partial charge in [-0.25, -0.2) is 8.42 Å². The van der Waals surface area contributed by atoms with Crippen LogP contribution in [0.15, 0.2) is 77.7 Å². The molecule has 1 atom stereocenters. The number of amides is 2. The van der Waals surface area contributed by atoms with Gasteiger partial charge in [0.05, 0.1) is 10.6 Å². The van der Waals surface area contributed by atoms with Crippen molar-refractivity contribution in [1.82, 2.24) is 10.2 Å². The minimum absolute atomic E-state index is 0.0535. The van der Waals surface area contributed by atoms with E-state index in [0.29, 0.717) is 5.02 Å². The highest BCUT2D eigenvalue weighted by atomic mass is 35.5. The van der Waals surface area contributed by atoms with E-state index in [-0.39, 0.29) is 29.1 Å². The summed E-state index contributed by atoms with van der Waals surface area (Å²) in [5.41, 5.74) is 2.93. The number of halogens is 1. The minimum Gasteiger partial charge on any atom is -0.352 e. The molecule has 0 bridgehead atoms. The molecule has 2 amide bonds. The molecular weight excluding hydrogens is 558 g/mol. The normalized spacial score (nSPS) is 14.7. The Balaban J connectivity index is 1.68. The van der Waals surface area contributed by atoms with Crippen molar-refractivity contribution < 1.29 is 18.0 Å². The monoisotopic (exact) mass is 595 g/mol. The summed E-state index contributed by atoms with van der Waals surface area (Å²) in [6.07, 6.45) is 5.13. The van der Waals surface area contributed by atoms with Gasteiger partial charge in [0, 0.05) is 17.6 Å². The molecule has 4 rings (SSSR count). The zero-order valence-electron chi connectivity index (χ0n) is 23.8. The Hall–Kier alpha value is -3.36. The van der Waals surface area contributed by atoms with E-state index in [2.05, 4.69) is 5.32 Å². The Labute approximate surface area is 248 Å². The molecule has 1 fully saturated rings. The number of nitrogens with one attached hydrogen (secondary N) is 1. The highest BCUT2D eigenvalue weighted by Crippen LogP contribution is 2.28. The highest BCUT2D eigenvalue weighted by molar-refractivity contribution is 7.92. The molecule has 7 nitrogen and oxygen atoms in total. The van der Waals surface area contributed by atoms with Crippen LogP contribution < -0.4 is 9.62 Å². The lowest BCUT2D eigenvalue weighted by Crippen LogP contribution is -2.53. The molecule has 0 aliphatic heterocycles. The second-order valence-electron chi connectivity index (χ2n) is 10.8. The number of hydrogen-bond donors (Lipinski definition) is 1. The van der Waals surface area contributed by atoms with Crippen molar-refractivity contribution in [3.8, 4) is 0 Å². The molecule has 0 saturated heterocycles. The first-order valence-corrected chi connectivity index (χ1v) is 15.9. The number of sulfonamides is 1. The molecule has 41 heavy (non-hydrogen) atoms. The average molecular weight is 596 g/mol. The van der Waals surface area contributed by atoms with Gasteiger partial charge in [-0.05, 0) is 69.0 Å². The summed E-state index contributed by atoms with van der Waals surface area (Å²) in [7, 11) is -4.13. The Bertz CT molecular complexity index is 1470. The standard InChI is InChI=1S/C32H38ClN3O4S/c1-23-11-10-12-26(19-23)21-35(25(3)32(38)34-27-13-6-4-7-14-27)31(37)22-36(28-18-17-24(2)30(33)20-28)41(39,40)29-15-8-5-9-16-29/h5,8-12,15-20,25,27H,4,6-7,13-14,21-22H2,1-3H3,(H,34,38)/t25-/m1/s1. The molecule has 1 aliphatic rings. The van der Waals surface area contributed by atoms with Crippen LogP contribution in [0, 0.1) is 13.8 Å².